The van der Waals surface area contributed by atoms with Crippen molar-refractivity contribution in [3.05, 3.63) is 70.7 Å². The fourth-order valence-electron chi connectivity index (χ4n) is 2.83. The number of rotatable bonds is 12. The molecule has 3 unspecified atom stereocenters. The first kappa shape index (κ1) is 22.5. The van der Waals surface area contributed by atoms with Crippen molar-refractivity contribution in [1.29, 1.82) is 0 Å². The van der Waals surface area contributed by atoms with Gasteiger partial charge in [-0.1, -0.05) is 54.1 Å². The van der Waals surface area contributed by atoms with Crippen molar-refractivity contribution >= 4 is 17.4 Å². The summed E-state index contributed by atoms with van der Waals surface area (Å²) >= 11 is 6.06. The third-order valence-electron chi connectivity index (χ3n) is 4.27. The molecule has 0 spiro atoms. The lowest BCUT2D eigenvalue weighted by Crippen LogP contribution is -2.39. The first-order chi connectivity index (χ1) is 13.5. The van der Waals surface area contributed by atoms with Crippen LogP contribution in [-0.4, -0.2) is 56.0 Å². The number of ketones is 1. The van der Waals surface area contributed by atoms with E-state index in [9.17, 15) is 9.90 Å². The monoisotopic (exact) mass is 405 g/mol. The van der Waals surface area contributed by atoms with Crippen molar-refractivity contribution in [1.82, 2.24) is 5.32 Å². The molecule has 5 nitrogen and oxygen atoms in total. The zero-order chi connectivity index (χ0) is 20.4. The van der Waals surface area contributed by atoms with Gasteiger partial charge in [-0.2, -0.15) is 0 Å². The van der Waals surface area contributed by atoms with E-state index in [4.69, 9.17) is 21.1 Å². The molecule has 0 heterocycles. The molecule has 2 aromatic rings. The Morgan fingerprint density at radius 2 is 1.89 bits per heavy atom. The lowest BCUT2D eigenvalue weighted by atomic mass is 10.00. The van der Waals surface area contributed by atoms with E-state index >= 15 is 0 Å². The normalized spacial score (nSPS) is 14.4. The second kappa shape index (κ2) is 11.9. The third kappa shape index (κ3) is 7.70. The van der Waals surface area contributed by atoms with E-state index in [2.05, 4.69) is 5.32 Å². The minimum absolute atomic E-state index is 0.0521. The Bertz CT molecular complexity index is 725. The van der Waals surface area contributed by atoms with Crippen LogP contribution in [0.2, 0.25) is 5.02 Å². The van der Waals surface area contributed by atoms with Crippen LogP contribution in [0, 0.1) is 0 Å². The number of halogens is 1. The summed E-state index contributed by atoms with van der Waals surface area (Å²) in [5.74, 6) is -0.117. The smallest absolute Gasteiger partial charge is 0.191 e. The highest BCUT2D eigenvalue weighted by atomic mass is 35.5. The van der Waals surface area contributed by atoms with Gasteiger partial charge in [-0.25, -0.2) is 0 Å². The first-order valence-corrected chi connectivity index (χ1v) is 9.73. The highest BCUT2D eigenvalue weighted by molar-refractivity contribution is 6.30. The molecular weight excluding hydrogens is 378 g/mol. The first-order valence-electron chi connectivity index (χ1n) is 9.35. The second-order valence-electron chi connectivity index (χ2n) is 6.80. The standard InChI is InChI=1S/C22H28ClNO4/c1-16(14-27-2)24-13-20(25)15-28-21(12-17-7-6-10-19(23)11-17)22(26)18-8-4-3-5-9-18/h3-11,16,20-21,24-25H,12-15H2,1-2H3. The maximum absolute atomic E-state index is 12.9. The molecule has 0 saturated heterocycles. The third-order valence-corrected chi connectivity index (χ3v) is 4.50. The average molecular weight is 406 g/mol. The second-order valence-corrected chi connectivity index (χ2v) is 7.24. The number of ether oxygens (including phenoxy) is 2. The number of aliphatic hydroxyl groups excluding tert-OH is 1. The topological polar surface area (TPSA) is 67.8 Å². The van der Waals surface area contributed by atoms with E-state index < -0.39 is 12.2 Å². The molecule has 0 aliphatic rings. The van der Waals surface area contributed by atoms with E-state index in [1.165, 1.54) is 0 Å². The maximum Gasteiger partial charge on any atom is 0.191 e. The highest BCUT2D eigenvalue weighted by Gasteiger charge is 2.22. The van der Waals surface area contributed by atoms with Gasteiger partial charge < -0.3 is 19.9 Å². The van der Waals surface area contributed by atoms with Gasteiger partial charge in [0.25, 0.3) is 0 Å². The lowest BCUT2D eigenvalue weighted by Gasteiger charge is -2.21. The summed E-state index contributed by atoms with van der Waals surface area (Å²) in [7, 11) is 1.63. The number of nitrogens with one attached hydrogen (secondary N) is 1. The fourth-order valence-corrected chi connectivity index (χ4v) is 3.04. The molecule has 0 amide bonds. The minimum Gasteiger partial charge on any atom is -0.389 e. The molecule has 0 aliphatic heterocycles. The molecule has 0 aromatic heterocycles. The van der Waals surface area contributed by atoms with Gasteiger partial charge in [0.05, 0.1) is 19.3 Å². The molecule has 2 N–H and O–H groups in total. The Labute approximate surface area is 171 Å². The van der Waals surface area contributed by atoms with Crippen molar-refractivity contribution in [2.24, 2.45) is 0 Å². The summed E-state index contributed by atoms with van der Waals surface area (Å²) in [4.78, 5) is 12.9. The molecule has 0 aliphatic carbocycles. The van der Waals surface area contributed by atoms with Gasteiger partial charge in [0.15, 0.2) is 5.78 Å². The largest absolute Gasteiger partial charge is 0.389 e. The Kier molecular flexibility index (Phi) is 9.61. The molecule has 0 radical (unpaired) electrons. The van der Waals surface area contributed by atoms with Crippen LogP contribution in [0.3, 0.4) is 0 Å². The quantitative estimate of drug-likeness (QED) is 0.531. The molecule has 0 bridgehead atoms. The zero-order valence-electron chi connectivity index (χ0n) is 16.3. The predicted molar refractivity (Wildman–Crippen MR) is 111 cm³/mol. The number of carbonyl (C=O) groups excluding carboxylic acids is 1. The van der Waals surface area contributed by atoms with Gasteiger partial charge in [-0.15, -0.1) is 0 Å². The van der Waals surface area contributed by atoms with Crippen LogP contribution in [0.25, 0.3) is 0 Å². The molecular formula is C22H28ClNO4. The van der Waals surface area contributed by atoms with Crippen LogP contribution in [0.1, 0.15) is 22.8 Å². The van der Waals surface area contributed by atoms with Crippen molar-refractivity contribution in [3.63, 3.8) is 0 Å². The summed E-state index contributed by atoms with van der Waals surface area (Å²) in [5, 5.41) is 14.0. The lowest BCUT2D eigenvalue weighted by molar-refractivity contribution is -0.00297. The van der Waals surface area contributed by atoms with E-state index in [0.29, 0.717) is 30.2 Å². The average Bonchev–Trinajstić information content (AvgIpc) is 2.70. The Hall–Kier alpha value is -1.76. The number of carbonyl (C=O) groups is 1. The molecule has 2 rings (SSSR count). The van der Waals surface area contributed by atoms with Crippen molar-refractivity contribution in [2.75, 3.05) is 26.9 Å². The summed E-state index contributed by atoms with van der Waals surface area (Å²) in [5.41, 5.74) is 1.49. The van der Waals surface area contributed by atoms with Gasteiger partial charge >= 0.3 is 0 Å². The van der Waals surface area contributed by atoms with Crippen LogP contribution >= 0.6 is 11.6 Å². The Morgan fingerprint density at radius 3 is 2.57 bits per heavy atom. The zero-order valence-corrected chi connectivity index (χ0v) is 17.1. The number of Topliss-reactive ketones (excluding diaryl/α,β-unsaturated/α-hetero) is 1. The van der Waals surface area contributed by atoms with Crippen LogP contribution < -0.4 is 5.32 Å². The molecule has 0 fully saturated rings. The van der Waals surface area contributed by atoms with Gasteiger partial charge in [0.1, 0.15) is 6.10 Å². The van der Waals surface area contributed by atoms with E-state index in [1.807, 2.05) is 43.3 Å². The van der Waals surface area contributed by atoms with Crippen molar-refractivity contribution in [3.8, 4) is 0 Å². The van der Waals surface area contributed by atoms with Gasteiger partial charge in [-0.05, 0) is 24.6 Å². The predicted octanol–water partition coefficient (Wildman–Crippen LogP) is 3.14. The Morgan fingerprint density at radius 1 is 1.14 bits per heavy atom. The van der Waals surface area contributed by atoms with Crippen LogP contribution in [0.15, 0.2) is 54.6 Å². The van der Waals surface area contributed by atoms with Crippen molar-refractivity contribution < 1.29 is 19.4 Å². The molecule has 152 valence electrons. The van der Waals surface area contributed by atoms with E-state index in [0.717, 1.165) is 5.56 Å². The van der Waals surface area contributed by atoms with Crippen LogP contribution in [0.5, 0.6) is 0 Å². The summed E-state index contributed by atoms with van der Waals surface area (Å²) in [6.45, 7) is 2.93. The molecule has 2 aromatic carbocycles. The number of methoxy groups -OCH3 is 1. The summed E-state index contributed by atoms with van der Waals surface area (Å²) in [6.07, 6.45) is -1.05. The summed E-state index contributed by atoms with van der Waals surface area (Å²) < 4.78 is 10.9. The SMILES string of the molecule is COCC(C)NCC(O)COC(Cc1cccc(Cl)c1)C(=O)c1ccccc1. The van der Waals surface area contributed by atoms with Gasteiger partial charge in [0.2, 0.25) is 0 Å². The highest BCUT2D eigenvalue weighted by Crippen LogP contribution is 2.16. The number of aliphatic hydroxyl groups is 1. The Balaban J connectivity index is 2.00. The van der Waals surface area contributed by atoms with Gasteiger partial charge in [-0.3, -0.25) is 4.79 Å². The number of hydrogen-bond acceptors (Lipinski definition) is 5. The van der Waals surface area contributed by atoms with Gasteiger partial charge in [0, 0.05) is 36.7 Å². The molecule has 0 saturated carbocycles. The van der Waals surface area contributed by atoms with Crippen LogP contribution in [0.4, 0.5) is 0 Å². The van der Waals surface area contributed by atoms with Crippen LogP contribution in [-0.2, 0) is 15.9 Å². The molecule has 3 atom stereocenters. The number of hydrogen-bond donors (Lipinski definition) is 2. The number of benzene rings is 2. The minimum atomic E-state index is -0.732. The maximum atomic E-state index is 12.9. The molecule has 6 heteroatoms. The van der Waals surface area contributed by atoms with Crippen molar-refractivity contribution in [2.45, 2.75) is 31.6 Å². The molecule has 28 heavy (non-hydrogen) atoms. The van der Waals surface area contributed by atoms with E-state index in [-0.39, 0.29) is 18.4 Å². The summed E-state index contributed by atoms with van der Waals surface area (Å²) in [6, 6.07) is 16.5. The van der Waals surface area contributed by atoms with E-state index in [1.54, 1.807) is 25.3 Å². The fraction of sp³-hybridized carbons (Fsp3) is 0.409.